The number of carboxylic acid groups (broad SMARTS) is 1. The van der Waals surface area contributed by atoms with Crippen LogP contribution >= 0.6 is 11.6 Å². The monoisotopic (exact) mass is 319 g/mol. The van der Waals surface area contributed by atoms with Crippen LogP contribution in [0.3, 0.4) is 0 Å². The maximum absolute atomic E-state index is 11.1. The van der Waals surface area contributed by atoms with Gasteiger partial charge in [0.15, 0.2) is 0 Å². The molecule has 0 atom stereocenters. The van der Waals surface area contributed by atoms with Gasteiger partial charge in [-0.1, -0.05) is 11.6 Å². The maximum Gasteiger partial charge on any atom is 0.337 e. The van der Waals surface area contributed by atoms with E-state index in [4.69, 9.17) is 16.7 Å². The highest BCUT2D eigenvalue weighted by Gasteiger charge is 2.21. The molecule has 1 aromatic heterocycles. The van der Waals surface area contributed by atoms with E-state index in [-0.39, 0.29) is 10.6 Å². The van der Waals surface area contributed by atoms with E-state index >= 15 is 0 Å². The second kappa shape index (κ2) is 6.01. The predicted molar refractivity (Wildman–Crippen MR) is 85.6 cm³/mol. The van der Waals surface area contributed by atoms with Gasteiger partial charge < -0.3 is 10.4 Å². The third-order valence-electron chi connectivity index (χ3n) is 4.15. The van der Waals surface area contributed by atoms with Gasteiger partial charge in [-0.05, 0) is 44.4 Å². The van der Waals surface area contributed by atoms with Gasteiger partial charge in [-0.15, -0.1) is 0 Å². The first-order valence-electron chi connectivity index (χ1n) is 7.36. The van der Waals surface area contributed by atoms with Crippen molar-refractivity contribution < 1.29 is 9.90 Å². The number of carbonyl (C=O) groups is 1. The van der Waals surface area contributed by atoms with Gasteiger partial charge in [-0.2, -0.15) is 5.10 Å². The van der Waals surface area contributed by atoms with Crippen LogP contribution in [0.1, 0.15) is 46.9 Å². The van der Waals surface area contributed by atoms with E-state index in [0.29, 0.717) is 12.6 Å². The fourth-order valence-corrected chi connectivity index (χ4v) is 2.73. The Bertz CT molecular complexity index is 707. The van der Waals surface area contributed by atoms with Crippen molar-refractivity contribution in [2.24, 2.45) is 0 Å². The first-order valence-corrected chi connectivity index (χ1v) is 7.73. The van der Waals surface area contributed by atoms with Crippen molar-refractivity contribution in [3.63, 3.8) is 0 Å². The molecule has 1 saturated carbocycles. The van der Waals surface area contributed by atoms with Crippen LogP contribution in [0.5, 0.6) is 0 Å². The smallest absolute Gasteiger partial charge is 0.337 e. The molecule has 0 radical (unpaired) electrons. The minimum Gasteiger partial charge on any atom is -0.478 e. The molecule has 2 N–H and O–H groups in total. The van der Waals surface area contributed by atoms with Gasteiger partial charge in [0.25, 0.3) is 0 Å². The highest BCUT2D eigenvalue weighted by molar-refractivity contribution is 6.33. The number of carboxylic acids is 1. The lowest BCUT2D eigenvalue weighted by atomic mass is 9.93. The summed E-state index contributed by atoms with van der Waals surface area (Å²) in [5, 5.41) is 17.1. The third-order valence-corrected chi connectivity index (χ3v) is 4.48. The predicted octanol–water partition coefficient (Wildman–Crippen LogP) is 3.88. The summed E-state index contributed by atoms with van der Waals surface area (Å²) in [6.45, 7) is 2.61. The summed E-state index contributed by atoms with van der Waals surface area (Å²) in [6.07, 6.45) is 5.76. The minimum atomic E-state index is -1.03. The van der Waals surface area contributed by atoms with E-state index < -0.39 is 5.97 Å². The molecule has 0 saturated heterocycles. The van der Waals surface area contributed by atoms with Crippen LogP contribution in [0.2, 0.25) is 5.02 Å². The Hall–Kier alpha value is -2.01. The molecule has 0 bridgehead atoms. The van der Waals surface area contributed by atoms with Gasteiger partial charge in [-0.3, -0.25) is 4.68 Å². The topological polar surface area (TPSA) is 67.2 Å². The molecule has 1 fully saturated rings. The zero-order valence-electron chi connectivity index (χ0n) is 12.3. The van der Waals surface area contributed by atoms with Crippen molar-refractivity contribution >= 4 is 23.3 Å². The molecule has 3 rings (SSSR count). The van der Waals surface area contributed by atoms with E-state index in [1.165, 1.54) is 19.3 Å². The number of rotatable bonds is 5. The molecule has 0 amide bonds. The first-order chi connectivity index (χ1) is 10.5. The Morgan fingerprint density at radius 3 is 2.91 bits per heavy atom. The summed E-state index contributed by atoms with van der Waals surface area (Å²) in [6, 6.07) is 5.47. The molecule has 1 aromatic carbocycles. The lowest BCUT2D eigenvalue weighted by Crippen LogP contribution is -2.17. The Labute approximate surface area is 133 Å². The van der Waals surface area contributed by atoms with Crippen molar-refractivity contribution in [2.45, 2.75) is 38.8 Å². The van der Waals surface area contributed by atoms with E-state index in [9.17, 15) is 4.79 Å². The van der Waals surface area contributed by atoms with Crippen LogP contribution in [0.4, 0.5) is 5.69 Å². The van der Waals surface area contributed by atoms with Gasteiger partial charge in [0, 0.05) is 24.0 Å². The quantitative estimate of drug-likeness (QED) is 0.877. The maximum atomic E-state index is 11.1. The van der Waals surface area contributed by atoms with E-state index in [1.807, 2.05) is 6.92 Å². The Morgan fingerprint density at radius 1 is 1.50 bits per heavy atom. The average molecular weight is 320 g/mol. The fourth-order valence-electron chi connectivity index (χ4n) is 2.53. The lowest BCUT2D eigenvalue weighted by molar-refractivity contribution is 0.0697. The summed E-state index contributed by atoms with van der Waals surface area (Å²) in [7, 11) is 0. The van der Waals surface area contributed by atoms with Crippen LogP contribution in [0.25, 0.3) is 0 Å². The van der Waals surface area contributed by atoms with Crippen LogP contribution in [0.15, 0.2) is 24.4 Å². The number of hydrogen-bond acceptors (Lipinski definition) is 3. The van der Waals surface area contributed by atoms with Crippen molar-refractivity contribution in [1.29, 1.82) is 0 Å². The molecule has 0 spiro atoms. The molecule has 22 heavy (non-hydrogen) atoms. The number of anilines is 1. The molecule has 1 aliphatic carbocycles. The molecule has 2 aromatic rings. The summed E-state index contributed by atoms with van der Waals surface area (Å²) < 4.78 is 2.06. The average Bonchev–Trinajstić information content (AvgIpc) is 2.76. The van der Waals surface area contributed by atoms with Gasteiger partial charge in [0.2, 0.25) is 0 Å². The zero-order valence-corrected chi connectivity index (χ0v) is 13.1. The molecule has 0 unspecified atom stereocenters. The SMILES string of the molecule is Cc1nn(C2CCC2)cc1CNc1ccc(Cl)c(C(=O)O)c1. The molecule has 1 heterocycles. The number of aromatic carboxylic acids is 1. The van der Waals surface area contributed by atoms with Gasteiger partial charge in [0.05, 0.1) is 22.3 Å². The number of nitrogens with one attached hydrogen (secondary N) is 1. The number of halogens is 1. The molecule has 1 aliphatic rings. The van der Waals surface area contributed by atoms with Gasteiger partial charge in [-0.25, -0.2) is 4.79 Å². The highest BCUT2D eigenvalue weighted by Crippen LogP contribution is 2.31. The number of nitrogens with zero attached hydrogens (tertiary/aromatic N) is 2. The Balaban J connectivity index is 1.71. The first kappa shape index (κ1) is 14.9. The number of hydrogen-bond donors (Lipinski definition) is 2. The molecule has 5 nitrogen and oxygen atoms in total. The molecule has 0 aliphatic heterocycles. The van der Waals surface area contributed by atoms with Crippen LogP contribution in [0, 0.1) is 6.92 Å². The van der Waals surface area contributed by atoms with Crippen molar-refractivity contribution in [1.82, 2.24) is 9.78 Å². The van der Waals surface area contributed by atoms with Crippen molar-refractivity contribution in [3.05, 3.63) is 46.2 Å². The van der Waals surface area contributed by atoms with Gasteiger partial charge >= 0.3 is 5.97 Å². The van der Waals surface area contributed by atoms with Crippen LogP contribution < -0.4 is 5.32 Å². The van der Waals surface area contributed by atoms with Crippen molar-refractivity contribution in [2.75, 3.05) is 5.32 Å². The molecule has 116 valence electrons. The number of aryl methyl sites for hydroxylation is 1. The summed E-state index contributed by atoms with van der Waals surface area (Å²) >= 11 is 5.87. The highest BCUT2D eigenvalue weighted by atomic mass is 35.5. The second-order valence-corrected chi connectivity index (χ2v) is 6.07. The van der Waals surface area contributed by atoms with E-state index in [2.05, 4.69) is 21.3 Å². The van der Waals surface area contributed by atoms with E-state index in [0.717, 1.165) is 16.9 Å². The zero-order chi connectivity index (χ0) is 15.7. The lowest BCUT2D eigenvalue weighted by Gasteiger charge is -2.25. The van der Waals surface area contributed by atoms with E-state index in [1.54, 1.807) is 18.2 Å². The minimum absolute atomic E-state index is 0.105. The number of benzene rings is 1. The molecular formula is C16H18ClN3O2. The second-order valence-electron chi connectivity index (χ2n) is 5.66. The van der Waals surface area contributed by atoms with Gasteiger partial charge in [0.1, 0.15) is 0 Å². The van der Waals surface area contributed by atoms with Crippen molar-refractivity contribution in [3.8, 4) is 0 Å². The fraction of sp³-hybridized carbons (Fsp3) is 0.375. The normalized spacial score (nSPS) is 14.6. The summed E-state index contributed by atoms with van der Waals surface area (Å²) in [5.74, 6) is -1.03. The summed E-state index contributed by atoms with van der Waals surface area (Å²) in [4.78, 5) is 11.1. The standard InChI is InChI=1S/C16H18ClN3O2/c1-10-11(9-20(19-10)13-3-2-4-13)8-18-12-5-6-15(17)14(7-12)16(21)22/h5-7,9,13,18H,2-4,8H2,1H3,(H,21,22). The van der Waals surface area contributed by atoms with Crippen LogP contribution in [-0.4, -0.2) is 20.9 Å². The number of aromatic nitrogens is 2. The molecular weight excluding hydrogens is 302 g/mol. The Kier molecular flexibility index (Phi) is 4.07. The third kappa shape index (κ3) is 2.95. The largest absolute Gasteiger partial charge is 0.478 e. The Morgan fingerprint density at radius 2 is 2.27 bits per heavy atom. The summed E-state index contributed by atoms with van der Waals surface area (Å²) in [5.41, 5.74) is 2.97. The van der Waals surface area contributed by atoms with Crippen LogP contribution in [-0.2, 0) is 6.54 Å². The molecule has 6 heteroatoms.